The summed E-state index contributed by atoms with van der Waals surface area (Å²) in [5, 5.41) is 21.8. The number of hydrogen-bond acceptors (Lipinski definition) is 4. The molecule has 144 valence electrons. The fraction of sp³-hybridized carbons (Fsp3) is 0.455. The lowest BCUT2D eigenvalue weighted by atomic mass is 9.95. The maximum absolute atomic E-state index is 10.9. The summed E-state index contributed by atoms with van der Waals surface area (Å²) in [6, 6.07) is 16.2. The smallest absolute Gasteiger partial charge is 0.115 e. The molecule has 0 saturated carbocycles. The van der Waals surface area contributed by atoms with Crippen molar-refractivity contribution in [3.8, 4) is 5.75 Å². The Kier molecular flexibility index (Phi) is 5.70. The van der Waals surface area contributed by atoms with Crippen LogP contribution in [0.2, 0.25) is 5.02 Å². The van der Waals surface area contributed by atoms with Gasteiger partial charge in [0.15, 0.2) is 0 Å². The van der Waals surface area contributed by atoms with Crippen LogP contribution in [-0.2, 0) is 0 Å². The van der Waals surface area contributed by atoms with E-state index in [1.54, 1.807) is 12.1 Å². The highest BCUT2D eigenvalue weighted by molar-refractivity contribution is 8.00. The molecule has 27 heavy (non-hydrogen) atoms. The van der Waals surface area contributed by atoms with E-state index in [1.165, 1.54) is 17.7 Å². The first-order chi connectivity index (χ1) is 13.0. The van der Waals surface area contributed by atoms with Crippen LogP contribution >= 0.6 is 23.4 Å². The number of phenolic OH excluding ortho intramolecular Hbond substituents is 1. The molecule has 2 aromatic carbocycles. The lowest BCUT2D eigenvalue weighted by molar-refractivity contribution is 0.0115. The van der Waals surface area contributed by atoms with E-state index in [-0.39, 0.29) is 11.8 Å². The second-order valence-electron chi connectivity index (χ2n) is 7.77. The van der Waals surface area contributed by atoms with Crippen molar-refractivity contribution in [3.05, 3.63) is 59.1 Å². The van der Waals surface area contributed by atoms with Crippen molar-refractivity contribution in [2.45, 2.75) is 67.0 Å². The summed E-state index contributed by atoms with van der Waals surface area (Å²) in [4.78, 5) is 3.84. The van der Waals surface area contributed by atoms with Gasteiger partial charge in [-0.15, -0.1) is 11.8 Å². The Hall–Kier alpha value is -1.20. The average molecular weight is 404 g/mol. The fourth-order valence-corrected chi connectivity index (χ4v) is 6.18. The van der Waals surface area contributed by atoms with Gasteiger partial charge in [-0.3, -0.25) is 4.90 Å². The zero-order valence-corrected chi connectivity index (χ0v) is 17.0. The number of aliphatic hydroxyl groups is 1. The Bertz CT molecular complexity index is 753. The number of hydrogen-bond donors (Lipinski definition) is 2. The number of thioether (sulfide) groups is 1. The van der Waals surface area contributed by atoms with E-state index in [0.717, 1.165) is 23.4 Å². The van der Waals surface area contributed by atoms with Crippen molar-refractivity contribution in [1.29, 1.82) is 0 Å². The molecule has 2 fully saturated rings. The number of benzene rings is 2. The van der Waals surface area contributed by atoms with Crippen LogP contribution in [0, 0.1) is 0 Å². The van der Waals surface area contributed by atoms with Crippen LogP contribution in [0.4, 0.5) is 0 Å². The number of phenols is 1. The number of aliphatic hydroxyl groups excluding tert-OH is 1. The first-order valence-electron chi connectivity index (χ1n) is 9.68. The molecule has 5 heteroatoms. The van der Waals surface area contributed by atoms with E-state index in [9.17, 15) is 10.2 Å². The van der Waals surface area contributed by atoms with Crippen molar-refractivity contribution in [1.82, 2.24) is 4.90 Å². The number of piperidine rings is 1. The summed E-state index contributed by atoms with van der Waals surface area (Å²) in [5.41, 5.74) is 0.873. The van der Waals surface area contributed by atoms with Gasteiger partial charge in [-0.2, -0.15) is 0 Å². The van der Waals surface area contributed by atoms with Crippen LogP contribution in [0.15, 0.2) is 53.4 Å². The van der Waals surface area contributed by atoms with E-state index < -0.39 is 6.10 Å². The Morgan fingerprint density at radius 3 is 2.19 bits per heavy atom. The maximum atomic E-state index is 10.9. The van der Waals surface area contributed by atoms with Gasteiger partial charge in [0, 0.05) is 33.3 Å². The molecular weight excluding hydrogens is 378 g/mol. The molecular formula is C22H26ClNO2S. The summed E-state index contributed by atoms with van der Waals surface area (Å²) < 4.78 is 0. The van der Waals surface area contributed by atoms with E-state index in [0.29, 0.717) is 17.3 Å². The minimum absolute atomic E-state index is 0.0773. The van der Waals surface area contributed by atoms with Gasteiger partial charge in [-0.1, -0.05) is 23.7 Å². The highest BCUT2D eigenvalue weighted by Crippen LogP contribution is 2.44. The molecule has 2 heterocycles. The zero-order chi connectivity index (χ0) is 19.0. The third-order valence-corrected chi connectivity index (χ3v) is 7.54. The van der Waals surface area contributed by atoms with Crippen LogP contribution in [0.5, 0.6) is 5.75 Å². The maximum Gasteiger partial charge on any atom is 0.115 e. The van der Waals surface area contributed by atoms with Crippen molar-refractivity contribution in [3.63, 3.8) is 0 Å². The SMILES string of the molecule is CC([C@@H](O)c1ccc(O)cc1)N1C2CCC1CC(Sc1ccc(Cl)cc1)C2. The molecule has 4 atom stereocenters. The van der Waals surface area contributed by atoms with Gasteiger partial charge in [0.25, 0.3) is 0 Å². The quantitative estimate of drug-likeness (QED) is 0.715. The molecule has 3 unspecified atom stereocenters. The van der Waals surface area contributed by atoms with Crippen LogP contribution in [0.1, 0.15) is 44.3 Å². The molecule has 2 aromatic rings. The Labute approximate surface area is 170 Å². The molecule has 2 aliphatic heterocycles. The highest BCUT2D eigenvalue weighted by atomic mass is 35.5. The molecule has 2 aliphatic rings. The van der Waals surface area contributed by atoms with Gasteiger partial charge >= 0.3 is 0 Å². The molecule has 2 N–H and O–H groups in total. The molecule has 0 aliphatic carbocycles. The van der Waals surface area contributed by atoms with Gasteiger partial charge in [0.1, 0.15) is 5.75 Å². The Morgan fingerprint density at radius 1 is 1.00 bits per heavy atom. The van der Waals surface area contributed by atoms with Gasteiger partial charge in [-0.25, -0.2) is 0 Å². The number of halogens is 1. The molecule has 0 radical (unpaired) electrons. The normalized spacial score (nSPS) is 27.4. The second kappa shape index (κ2) is 8.04. The Balaban J connectivity index is 1.42. The van der Waals surface area contributed by atoms with Crippen molar-refractivity contribution in [2.24, 2.45) is 0 Å². The molecule has 3 nitrogen and oxygen atoms in total. The van der Waals surface area contributed by atoms with Crippen molar-refractivity contribution < 1.29 is 10.2 Å². The predicted molar refractivity (Wildman–Crippen MR) is 112 cm³/mol. The standard InChI is InChI=1S/C22H26ClNO2S/c1-14(22(26)15-2-8-19(25)9-3-15)24-17-6-7-18(24)13-21(12-17)27-20-10-4-16(23)5-11-20/h2-5,8-11,14,17-18,21-22,25-26H,6-7,12-13H2,1H3/t14?,17?,18?,21?,22-/m1/s1. The molecule has 0 spiro atoms. The van der Waals surface area contributed by atoms with E-state index in [2.05, 4.69) is 24.0 Å². The summed E-state index contributed by atoms with van der Waals surface area (Å²) >= 11 is 7.97. The molecule has 0 aromatic heterocycles. The number of nitrogens with zero attached hydrogens (tertiary/aromatic N) is 1. The lowest BCUT2D eigenvalue weighted by Crippen LogP contribution is -2.50. The number of aromatic hydroxyl groups is 1. The third-order valence-electron chi connectivity index (χ3n) is 6.02. The molecule has 2 bridgehead atoms. The molecule has 2 saturated heterocycles. The van der Waals surface area contributed by atoms with Crippen molar-refractivity contribution in [2.75, 3.05) is 0 Å². The van der Waals surface area contributed by atoms with Gasteiger partial charge < -0.3 is 10.2 Å². The first kappa shape index (κ1) is 19.1. The fourth-order valence-electron chi connectivity index (χ4n) is 4.74. The monoisotopic (exact) mass is 403 g/mol. The number of fused-ring (bicyclic) bond motifs is 2. The van der Waals surface area contributed by atoms with Gasteiger partial charge in [0.2, 0.25) is 0 Å². The largest absolute Gasteiger partial charge is 0.508 e. The zero-order valence-electron chi connectivity index (χ0n) is 15.5. The summed E-state index contributed by atoms with van der Waals surface area (Å²) in [6.07, 6.45) is 4.23. The average Bonchev–Trinajstić information content (AvgIpc) is 2.93. The summed E-state index contributed by atoms with van der Waals surface area (Å²) in [7, 11) is 0. The van der Waals surface area contributed by atoms with Crippen molar-refractivity contribution >= 4 is 23.4 Å². The van der Waals surface area contributed by atoms with Crippen LogP contribution in [-0.4, -0.2) is 38.5 Å². The van der Waals surface area contributed by atoms with Crippen LogP contribution < -0.4 is 0 Å². The van der Waals surface area contributed by atoms with Crippen LogP contribution in [0.3, 0.4) is 0 Å². The Morgan fingerprint density at radius 2 is 1.59 bits per heavy atom. The van der Waals surface area contributed by atoms with E-state index >= 15 is 0 Å². The first-order valence-corrected chi connectivity index (χ1v) is 10.9. The summed E-state index contributed by atoms with van der Waals surface area (Å²) in [5.74, 6) is 0.235. The minimum Gasteiger partial charge on any atom is -0.508 e. The van der Waals surface area contributed by atoms with E-state index in [4.69, 9.17) is 11.6 Å². The van der Waals surface area contributed by atoms with Gasteiger partial charge in [0.05, 0.1) is 6.10 Å². The lowest BCUT2D eigenvalue weighted by Gasteiger charge is -2.43. The summed E-state index contributed by atoms with van der Waals surface area (Å²) in [6.45, 7) is 2.13. The minimum atomic E-state index is -0.533. The second-order valence-corrected chi connectivity index (χ2v) is 9.58. The third kappa shape index (κ3) is 4.14. The number of rotatable bonds is 5. The van der Waals surface area contributed by atoms with Crippen LogP contribution in [0.25, 0.3) is 0 Å². The molecule has 0 amide bonds. The molecule has 4 rings (SSSR count). The van der Waals surface area contributed by atoms with E-state index in [1.807, 2.05) is 36.0 Å². The topological polar surface area (TPSA) is 43.7 Å². The van der Waals surface area contributed by atoms with Gasteiger partial charge in [-0.05, 0) is 74.6 Å². The highest BCUT2D eigenvalue weighted by Gasteiger charge is 2.44. The predicted octanol–water partition coefficient (Wildman–Crippen LogP) is 5.26.